The first kappa shape index (κ1) is 19.4. The summed E-state index contributed by atoms with van der Waals surface area (Å²) < 4.78 is 5.21. The van der Waals surface area contributed by atoms with Crippen LogP contribution in [0.25, 0.3) is 0 Å². The Morgan fingerprint density at radius 3 is 2.57 bits per heavy atom. The van der Waals surface area contributed by atoms with E-state index in [4.69, 9.17) is 4.74 Å². The molecular formula is C15H25N3O4S. The molecule has 7 nitrogen and oxygen atoms in total. The Labute approximate surface area is 140 Å². The Morgan fingerprint density at radius 2 is 2.09 bits per heavy atom. The number of carbonyl (C=O) groups is 1. The molecule has 0 aromatic carbocycles. The largest absolute Gasteiger partial charge is 0.444 e. The molecule has 23 heavy (non-hydrogen) atoms. The van der Waals surface area contributed by atoms with Crippen molar-refractivity contribution in [3.8, 4) is 0 Å². The van der Waals surface area contributed by atoms with Gasteiger partial charge in [0.15, 0.2) is 0 Å². The molecule has 0 aliphatic heterocycles. The summed E-state index contributed by atoms with van der Waals surface area (Å²) in [6.45, 7) is 10.5. The summed E-state index contributed by atoms with van der Waals surface area (Å²) in [5, 5.41) is 18.7. The third-order valence-electron chi connectivity index (χ3n) is 3.06. The first-order chi connectivity index (χ1) is 10.6. The minimum Gasteiger partial charge on any atom is -0.444 e. The number of hydrogen-bond donors (Lipinski definition) is 2. The zero-order chi connectivity index (χ0) is 17.6. The van der Waals surface area contributed by atoms with E-state index < -0.39 is 16.6 Å². The van der Waals surface area contributed by atoms with Crippen LogP contribution in [-0.4, -0.2) is 29.2 Å². The Bertz CT molecular complexity index is 537. The SMILES string of the molecule is CC(C)C(CNC(=O)OC(C)(C)C)NCc1csc([N+](=O)[O-])c1. The van der Waals surface area contributed by atoms with Crippen molar-refractivity contribution in [2.75, 3.05) is 6.54 Å². The van der Waals surface area contributed by atoms with E-state index in [1.807, 2.05) is 34.6 Å². The second-order valence-electron chi connectivity index (χ2n) is 6.66. The Hall–Kier alpha value is -1.67. The predicted molar refractivity (Wildman–Crippen MR) is 90.7 cm³/mol. The van der Waals surface area contributed by atoms with Gasteiger partial charge in [0, 0.05) is 30.6 Å². The third-order valence-corrected chi connectivity index (χ3v) is 3.99. The van der Waals surface area contributed by atoms with Gasteiger partial charge in [0.1, 0.15) is 5.60 Å². The van der Waals surface area contributed by atoms with Crippen molar-refractivity contribution >= 4 is 22.4 Å². The standard InChI is InChI=1S/C15H25N3O4S/c1-10(2)12(8-17-14(19)22-15(3,4)5)16-7-11-6-13(18(20)21)23-9-11/h6,9-10,12,16H,7-8H2,1-5H3,(H,17,19). The zero-order valence-electron chi connectivity index (χ0n) is 14.2. The first-order valence-corrected chi connectivity index (χ1v) is 8.38. The van der Waals surface area contributed by atoms with E-state index in [0.717, 1.165) is 16.9 Å². The smallest absolute Gasteiger partial charge is 0.407 e. The van der Waals surface area contributed by atoms with E-state index in [1.54, 1.807) is 11.4 Å². The summed E-state index contributed by atoms with van der Waals surface area (Å²) in [5.41, 5.74) is 0.338. The lowest BCUT2D eigenvalue weighted by atomic mass is 10.0. The Kier molecular flexibility index (Phi) is 6.96. The molecular weight excluding hydrogens is 318 g/mol. The van der Waals surface area contributed by atoms with Crippen LogP contribution in [0.1, 0.15) is 40.2 Å². The predicted octanol–water partition coefficient (Wildman–Crippen LogP) is 3.30. The van der Waals surface area contributed by atoms with Gasteiger partial charge >= 0.3 is 11.1 Å². The maximum atomic E-state index is 11.7. The molecule has 0 aliphatic rings. The molecule has 0 fully saturated rings. The molecule has 0 saturated carbocycles. The highest BCUT2D eigenvalue weighted by Crippen LogP contribution is 2.22. The molecule has 1 rings (SSSR count). The second kappa shape index (κ2) is 8.26. The van der Waals surface area contributed by atoms with E-state index in [-0.39, 0.29) is 11.0 Å². The van der Waals surface area contributed by atoms with Crippen LogP contribution in [0.3, 0.4) is 0 Å². The molecule has 0 radical (unpaired) electrons. The molecule has 1 heterocycles. The van der Waals surface area contributed by atoms with Gasteiger partial charge in [-0.3, -0.25) is 10.1 Å². The number of nitrogens with zero attached hydrogens (tertiary/aromatic N) is 1. The van der Waals surface area contributed by atoms with E-state index in [1.165, 1.54) is 0 Å². The van der Waals surface area contributed by atoms with Crippen molar-refractivity contribution in [3.05, 3.63) is 27.1 Å². The number of nitro groups is 1. The molecule has 0 aliphatic carbocycles. The summed E-state index contributed by atoms with van der Waals surface area (Å²) in [6, 6.07) is 1.61. The van der Waals surface area contributed by atoms with Crippen LogP contribution in [0.4, 0.5) is 9.80 Å². The lowest BCUT2D eigenvalue weighted by Gasteiger charge is -2.24. The maximum Gasteiger partial charge on any atom is 0.407 e. The van der Waals surface area contributed by atoms with E-state index >= 15 is 0 Å². The first-order valence-electron chi connectivity index (χ1n) is 7.50. The number of alkyl carbamates (subject to hydrolysis) is 1. The zero-order valence-corrected chi connectivity index (χ0v) is 15.0. The molecule has 1 unspecified atom stereocenters. The van der Waals surface area contributed by atoms with Crippen LogP contribution in [0.2, 0.25) is 0 Å². The number of nitrogens with one attached hydrogen (secondary N) is 2. The van der Waals surface area contributed by atoms with Crippen LogP contribution in [0, 0.1) is 16.0 Å². The Morgan fingerprint density at radius 1 is 1.43 bits per heavy atom. The summed E-state index contributed by atoms with van der Waals surface area (Å²) in [6.07, 6.45) is -0.448. The van der Waals surface area contributed by atoms with Gasteiger partial charge in [-0.25, -0.2) is 4.79 Å². The fourth-order valence-electron chi connectivity index (χ4n) is 1.85. The summed E-state index contributed by atoms with van der Waals surface area (Å²) >= 11 is 1.11. The number of rotatable bonds is 7. The fraction of sp³-hybridized carbons (Fsp3) is 0.667. The summed E-state index contributed by atoms with van der Waals surface area (Å²) in [7, 11) is 0. The van der Waals surface area contributed by atoms with E-state index in [2.05, 4.69) is 10.6 Å². The van der Waals surface area contributed by atoms with Crippen molar-refractivity contribution in [2.24, 2.45) is 5.92 Å². The maximum absolute atomic E-state index is 11.7. The molecule has 0 saturated heterocycles. The topological polar surface area (TPSA) is 93.5 Å². The van der Waals surface area contributed by atoms with Crippen molar-refractivity contribution in [1.82, 2.24) is 10.6 Å². The van der Waals surface area contributed by atoms with Crippen LogP contribution in [0.5, 0.6) is 0 Å². The molecule has 1 amide bonds. The normalized spacial score (nSPS) is 13.0. The van der Waals surface area contributed by atoms with Gasteiger partial charge in [-0.1, -0.05) is 25.2 Å². The third kappa shape index (κ3) is 7.43. The highest BCUT2D eigenvalue weighted by Gasteiger charge is 2.19. The van der Waals surface area contributed by atoms with E-state index in [9.17, 15) is 14.9 Å². The molecule has 1 atom stereocenters. The molecule has 8 heteroatoms. The van der Waals surface area contributed by atoms with Crippen molar-refractivity contribution < 1.29 is 14.5 Å². The monoisotopic (exact) mass is 343 g/mol. The second-order valence-corrected chi connectivity index (χ2v) is 7.55. The highest BCUT2D eigenvalue weighted by atomic mass is 32.1. The summed E-state index contributed by atoms with van der Waals surface area (Å²) in [5.74, 6) is 0.290. The number of amides is 1. The molecule has 1 aromatic heterocycles. The van der Waals surface area contributed by atoms with Crippen LogP contribution in [-0.2, 0) is 11.3 Å². The van der Waals surface area contributed by atoms with Gasteiger partial charge in [0.2, 0.25) is 0 Å². The molecule has 0 bridgehead atoms. The van der Waals surface area contributed by atoms with E-state index in [0.29, 0.717) is 19.0 Å². The average Bonchev–Trinajstić information content (AvgIpc) is 2.85. The van der Waals surface area contributed by atoms with Gasteiger partial charge in [-0.15, -0.1) is 0 Å². The van der Waals surface area contributed by atoms with Crippen LogP contribution < -0.4 is 10.6 Å². The lowest BCUT2D eigenvalue weighted by molar-refractivity contribution is -0.380. The minimum atomic E-state index is -0.527. The molecule has 130 valence electrons. The van der Waals surface area contributed by atoms with Gasteiger partial charge in [-0.2, -0.15) is 0 Å². The number of hydrogen-bond acceptors (Lipinski definition) is 6. The number of carbonyl (C=O) groups excluding carboxylic acids is 1. The van der Waals surface area contributed by atoms with Crippen LogP contribution >= 0.6 is 11.3 Å². The lowest BCUT2D eigenvalue weighted by Crippen LogP contribution is -2.45. The van der Waals surface area contributed by atoms with Gasteiger partial charge < -0.3 is 15.4 Å². The summed E-state index contributed by atoms with van der Waals surface area (Å²) in [4.78, 5) is 22.0. The Balaban J connectivity index is 2.48. The number of ether oxygens (including phenoxy) is 1. The van der Waals surface area contributed by atoms with Crippen LogP contribution in [0.15, 0.2) is 11.4 Å². The van der Waals surface area contributed by atoms with Crippen molar-refractivity contribution in [1.29, 1.82) is 0 Å². The molecule has 2 N–H and O–H groups in total. The quantitative estimate of drug-likeness (QED) is 0.585. The highest BCUT2D eigenvalue weighted by molar-refractivity contribution is 7.13. The van der Waals surface area contributed by atoms with Gasteiger partial charge in [-0.05, 0) is 32.3 Å². The van der Waals surface area contributed by atoms with Crippen molar-refractivity contribution in [3.63, 3.8) is 0 Å². The average molecular weight is 343 g/mol. The van der Waals surface area contributed by atoms with Gasteiger partial charge in [0.05, 0.1) is 4.92 Å². The fourth-order valence-corrected chi connectivity index (χ4v) is 2.58. The molecule has 0 spiro atoms. The van der Waals surface area contributed by atoms with Gasteiger partial charge in [0.25, 0.3) is 0 Å². The minimum absolute atomic E-state index is 0.0430. The van der Waals surface area contributed by atoms with Crippen molar-refractivity contribution in [2.45, 2.75) is 52.8 Å². The molecule has 1 aromatic rings. The number of thiophene rings is 1.